The van der Waals surface area contributed by atoms with E-state index in [0.717, 1.165) is 35.1 Å². The van der Waals surface area contributed by atoms with Crippen molar-refractivity contribution in [3.05, 3.63) is 95.1 Å². The molecule has 0 radical (unpaired) electrons. The number of aliphatic carboxylic acids is 1. The number of carboxylic acid groups (broad SMARTS) is 1. The van der Waals surface area contributed by atoms with Gasteiger partial charge in [0.15, 0.2) is 0 Å². The molecule has 210 valence electrons. The van der Waals surface area contributed by atoms with E-state index >= 15 is 0 Å². The van der Waals surface area contributed by atoms with Gasteiger partial charge in [-0.2, -0.15) is 0 Å². The number of carbonyl (C=O) groups is 2. The number of urea groups is 1. The Labute approximate surface area is 237 Å². The number of hydrogen-bond donors (Lipinski definition) is 3. The number of amidine groups is 1. The van der Waals surface area contributed by atoms with Gasteiger partial charge in [-0.15, -0.1) is 0 Å². The number of aryl methyl sites for hydroxylation is 1. The largest absolute Gasteiger partial charge is 0.481 e. The molecule has 1 aliphatic rings. The highest BCUT2D eigenvalue weighted by atomic mass is 16.4. The fourth-order valence-corrected chi connectivity index (χ4v) is 5.09. The van der Waals surface area contributed by atoms with Crippen molar-refractivity contribution in [3.63, 3.8) is 0 Å². The van der Waals surface area contributed by atoms with Crippen LogP contribution >= 0.6 is 0 Å². The van der Waals surface area contributed by atoms with E-state index in [0.29, 0.717) is 38.2 Å². The van der Waals surface area contributed by atoms with E-state index in [4.69, 9.17) is 5.41 Å². The van der Waals surface area contributed by atoms with Gasteiger partial charge in [-0.25, -0.2) is 4.79 Å². The zero-order chi connectivity index (χ0) is 28.9. The molecule has 6 nitrogen and oxygen atoms in total. The molecule has 0 heterocycles. The maximum absolute atomic E-state index is 12.8. The highest BCUT2D eigenvalue weighted by Crippen LogP contribution is 2.48. The van der Waals surface area contributed by atoms with Gasteiger partial charge in [0.05, 0.1) is 5.41 Å². The van der Waals surface area contributed by atoms with Crippen molar-refractivity contribution in [2.24, 2.45) is 0 Å². The first-order valence-corrected chi connectivity index (χ1v) is 14.2. The smallest absolute Gasteiger partial charge is 0.323 e. The predicted octanol–water partition coefficient (Wildman–Crippen LogP) is 7.30. The Balaban J connectivity index is 1.28. The molecule has 3 N–H and O–H groups in total. The number of carboxylic acids is 1. The van der Waals surface area contributed by atoms with E-state index in [9.17, 15) is 14.7 Å². The number of carbonyl (C=O) groups excluding carboxylic acids is 1. The molecule has 3 aromatic carbocycles. The van der Waals surface area contributed by atoms with E-state index < -0.39 is 11.4 Å². The summed E-state index contributed by atoms with van der Waals surface area (Å²) in [5.74, 6) is -0.417. The molecule has 0 atom stereocenters. The topological polar surface area (TPSA) is 93.5 Å². The first kappa shape index (κ1) is 29.1. The summed E-state index contributed by atoms with van der Waals surface area (Å²) in [6.07, 6.45) is 3.48. The molecule has 6 heteroatoms. The zero-order valence-electron chi connectivity index (χ0n) is 24.1. The van der Waals surface area contributed by atoms with E-state index in [-0.39, 0.29) is 11.4 Å². The molecule has 0 saturated heterocycles. The standard InChI is InChI=1S/C34H41N3O3/c1-5-37(32(40)36-23-25-12-16-28(17-13-25)33(2,3)4)30(35)11-7-9-24-8-6-10-27(22-24)26-14-18-29(19-15-26)34(20-21-34)31(38)39/h6,8,10,12-19,22,35H,5,7,9,11,20-21,23H2,1-4H3,(H,36,40)(H,38,39). The molecular formula is C34H41N3O3. The summed E-state index contributed by atoms with van der Waals surface area (Å²) < 4.78 is 0. The van der Waals surface area contributed by atoms with Crippen molar-refractivity contribution in [2.75, 3.05) is 6.54 Å². The molecule has 1 aliphatic carbocycles. The molecule has 3 aromatic rings. The zero-order valence-corrected chi connectivity index (χ0v) is 24.1. The van der Waals surface area contributed by atoms with E-state index in [1.165, 1.54) is 16.0 Å². The minimum absolute atomic E-state index is 0.0889. The van der Waals surface area contributed by atoms with Crippen LogP contribution in [0.5, 0.6) is 0 Å². The third-order valence-electron chi connectivity index (χ3n) is 7.89. The lowest BCUT2D eigenvalue weighted by atomic mass is 9.87. The van der Waals surface area contributed by atoms with E-state index in [1.807, 2.05) is 49.4 Å². The molecule has 0 bridgehead atoms. The van der Waals surface area contributed by atoms with Gasteiger partial charge >= 0.3 is 12.0 Å². The SMILES string of the molecule is CCN(C(=N)CCCc1cccc(-c2ccc(C3(C(=O)O)CC3)cc2)c1)C(=O)NCc1ccc(C(C)(C)C)cc1. The van der Waals surface area contributed by atoms with Crippen LogP contribution in [0.2, 0.25) is 0 Å². The summed E-state index contributed by atoms with van der Waals surface area (Å²) >= 11 is 0. The lowest BCUT2D eigenvalue weighted by Gasteiger charge is -2.22. The van der Waals surface area contributed by atoms with Crippen molar-refractivity contribution in [2.45, 2.75) is 77.2 Å². The molecule has 2 amide bonds. The highest BCUT2D eigenvalue weighted by Gasteiger charge is 2.51. The third-order valence-corrected chi connectivity index (χ3v) is 7.89. The van der Waals surface area contributed by atoms with Crippen LogP contribution in [0.3, 0.4) is 0 Å². The number of hydrogen-bond acceptors (Lipinski definition) is 3. The van der Waals surface area contributed by atoms with Crippen LogP contribution < -0.4 is 5.32 Å². The first-order chi connectivity index (χ1) is 19.0. The van der Waals surface area contributed by atoms with Crippen molar-refractivity contribution in [3.8, 4) is 11.1 Å². The molecular weight excluding hydrogens is 498 g/mol. The number of benzene rings is 3. The summed E-state index contributed by atoms with van der Waals surface area (Å²) in [4.78, 5) is 25.9. The van der Waals surface area contributed by atoms with Crippen molar-refractivity contribution in [1.82, 2.24) is 10.2 Å². The van der Waals surface area contributed by atoms with Crippen LogP contribution in [-0.2, 0) is 28.6 Å². The highest BCUT2D eigenvalue weighted by molar-refractivity contribution is 5.95. The van der Waals surface area contributed by atoms with Crippen LogP contribution in [0.1, 0.15) is 75.6 Å². The molecule has 0 spiro atoms. The Kier molecular flexibility index (Phi) is 8.77. The average Bonchev–Trinajstić information content (AvgIpc) is 3.75. The first-order valence-electron chi connectivity index (χ1n) is 14.2. The quantitative estimate of drug-likeness (QED) is 0.186. The van der Waals surface area contributed by atoms with Gasteiger partial charge in [-0.3, -0.25) is 15.1 Å². The average molecular weight is 540 g/mol. The Morgan fingerprint density at radius 2 is 1.62 bits per heavy atom. The minimum atomic E-state index is -0.738. The van der Waals surface area contributed by atoms with E-state index in [1.54, 1.807) is 0 Å². The second-order valence-corrected chi connectivity index (χ2v) is 11.8. The number of rotatable bonds is 10. The summed E-state index contributed by atoms with van der Waals surface area (Å²) in [6.45, 7) is 9.30. The summed E-state index contributed by atoms with van der Waals surface area (Å²) in [7, 11) is 0. The maximum atomic E-state index is 12.8. The molecule has 4 rings (SSSR count). The number of amides is 2. The summed E-state index contributed by atoms with van der Waals surface area (Å²) in [6, 6.07) is 24.3. The monoisotopic (exact) mass is 539 g/mol. The van der Waals surface area contributed by atoms with Gasteiger partial charge < -0.3 is 10.4 Å². The van der Waals surface area contributed by atoms with Crippen LogP contribution in [0.4, 0.5) is 4.79 Å². The Bertz CT molecular complexity index is 1350. The van der Waals surface area contributed by atoms with Crippen LogP contribution in [-0.4, -0.2) is 34.4 Å². The van der Waals surface area contributed by atoms with Crippen LogP contribution in [0.15, 0.2) is 72.8 Å². The molecule has 0 aliphatic heterocycles. The number of nitrogens with zero attached hydrogens (tertiary/aromatic N) is 1. The predicted molar refractivity (Wildman–Crippen MR) is 161 cm³/mol. The van der Waals surface area contributed by atoms with Crippen molar-refractivity contribution < 1.29 is 14.7 Å². The Morgan fingerprint density at radius 1 is 0.950 bits per heavy atom. The molecule has 0 aromatic heterocycles. The molecule has 0 unspecified atom stereocenters. The van der Waals surface area contributed by atoms with Gasteiger partial charge in [0.2, 0.25) is 0 Å². The van der Waals surface area contributed by atoms with Crippen molar-refractivity contribution in [1.29, 1.82) is 5.41 Å². The minimum Gasteiger partial charge on any atom is -0.481 e. The summed E-state index contributed by atoms with van der Waals surface area (Å²) in [5, 5.41) is 21.0. The Hall–Kier alpha value is -3.93. The van der Waals surface area contributed by atoms with Crippen LogP contribution in [0, 0.1) is 5.41 Å². The molecule has 1 saturated carbocycles. The second kappa shape index (κ2) is 12.1. The van der Waals surface area contributed by atoms with Gasteiger partial charge in [0.25, 0.3) is 0 Å². The maximum Gasteiger partial charge on any atom is 0.323 e. The Morgan fingerprint density at radius 3 is 2.20 bits per heavy atom. The third kappa shape index (κ3) is 6.79. The van der Waals surface area contributed by atoms with Gasteiger partial charge in [0, 0.05) is 19.5 Å². The molecule has 1 fully saturated rings. The van der Waals surface area contributed by atoms with Gasteiger partial charge in [-0.1, -0.05) is 93.6 Å². The van der Waals surface area contributed by atoms with Crippen LogP contribution in [0.25, 0.3) is 11.1 Å². The summed E-state index contributed by atoms with van der Waals surface area (Å²) in [5.41, 5.74) is 5.88. The van der Waals surface area contributed by atoms with E-state index in [2.05, 4.69) is 56.4 Å². The lowest BCUT2D eigenvalue weighted by molar-refractivity contribution is -0.140. The number of nitrogens with one attached hydrogen (secondary N) is 2. The van der Waals surface area contributed by atoms with Gasteiger partial charge in [-0.05, 0) is 71.4 Å². The fraction of sp³-hybridized carbons (Fsp3) is 0.382. The molecule has 40 heavy (non-hydrogen) atoms. The van der Waals surface area contributed by atoms with Crippen molar-refractivity contribution >= 4 is 17.8 Å². The lowest BCUT2D eigenvalue weighted by Crippen LogP contribution is -2.43. The fourth-order valence-electron chi connectivity index (χ4n) is 5.09. The second-order valence-electron chi connectivity index (χ2n) is 11.8. The normalized spacial score (nSPS) is 13.9. The van der Waals surface area contributed by atoms with Gasteiger partial charge in [0.1, 0.15) is 5.84 Å².